The Hall–Kier alpha value is -3.60. The summed E-state index contributed by atoms with van der Waals surface area (Å²) in [5.41, 5.74) is -2.52. The van der Waals surface area contributed by atoms with Crippen LogP contribution in [0.5, 0.6) is 0 Å². The van der Waals surface area contributed by atoms with Crippen molar-refractivity contribution in [3.05, 3.63) is 41.5 Å². The molecule has 1 aromatic rings. The molecule has 6 atom stereocenters. The van der Waals surface area contributed by atoms with Crippen LogP contribution in [-0.2, 0) is 35.3 Å². The smallest absolute Gasteiger partial charge is 0.416 e. The second-order valence-electron chi connectivity index (χ2n) is 15.9. The van der Waals surface area contributed by atoms with Crippen molar-refractivity contribution in [2.24, 2.45) is 28.2 Å². The minimum atomic E-state index is -4.69. The molecule has 2 aliphatic heterocycles. The van der Waals surface area contributed by atoms with Crippen LogP contribution in [0.15, 0.2) is 35.3 Å². The number of sulfonamides is 1. The van der Waals surface area contributed by atoms with Gasteiger partial charge in [0.25, 0.3) is 5.91 Å². The summed E-state index contributed by atoms with van der Waals surface area (Å²) < 4.78 is 74.5. The van der Waals surface area contributed by atoms with Crippen LogP contribution < -0.4 is 15.4 Å². The zero-order valence-electron chi connectivity index (χ0n) is 30.1. The van der Waals surface area contributed by atoms with Gasteiger partial charge in [0.05, 0.1) is 34.4 Å². The van der Waals surface area contributed by atoms with Crippen LogP contribution >= 0.6 is 11.8 Å². The number of aliphatic imine (C=N–C) groups is 1. The van der Waals surface area contributed by atoms with Gasteiger partial charge in [-0.25, -0.2) is 13.2 Å². The summed E-state index contributed by atoms with van der Waals surface area (Å²) >= 11 is 1.38. The molecule has 2 heterocycles. The van der Waals surface area contributed by atoms with Gasteiger partial charge >= 0.3 is 12.3 Å². The highest BCUT2D eigenvalue weighted by Gasteiger charge is 2.62. The van der Waals surface area contributed by atoms with E-state index in [2.05, 4.69) is 15.4 Å². The van der Waals surface area contributed by atoms with Crippen molar-refractivity contribution in [2.75, 3.05) is 24.7 Å². The van der Waals surface area contributed by atoms with E-state index in [-0.39, 0.29) is 42.3 Å². The number of allylic oxidation sites excluding steroid dienone is 1. The molecule has 3 saturated carbocycles. The highest BCUT2D eigenvalue weighted by molar-refractivity contribution is 8.14. The third-order valence-corrected chi connectivity index (χ3v) is 13.6. The van der Waals surface area contributed by atoms with Crippen molar-refractivity contribution in [3.8, 4) is 0 Å². The van der Waals surface area contributed by atoms with Gasteiger partial charge in [0.2, 0.25) is 21.8 Å². The molecule has 3 aliphatic carbocycles. The Morgan fingerprint density at radius 2 is 1.81 bits per heavy atom. The topological polar surface area (TPSA) is 163 Å². The molecule has 290 valence electrons. The average molecular weight is 782 g/mol. The van der Waals surface area contributed by atoms with Gasteiger partial charge in [-0.05, 0) is 75.0 Å². The van der Waals surface area contributed by atoms with Crippen molar-refractivity contribution >= 4 is 56.3 Å². The summed E-state index contributed by atoms with van der Waals surface area (Å²) in [7, 11) is -2.29. The first-order chi connectivity index (χ1) is 24.8. The maximum Gasteiger partial charge on any atom is 0.416 e. The van der Waals surface area contributed by atoms with E-state index in [0.29, 0.717) is 48.6 Å². The Kier molecular flexibility index (Phi) is 10.7. The van der Waals surface area contributed by atoms with E-state index in [1.807, 2.05) is 32.9 Å². The molecule has 5 aliphatic rings. The van der Waals surface area contributed by atoms with E-state index >= 15 is 0 Å². The van der Waals surface area contributed by atoms with Crippen LogP contribution in [0.4, 0.5) is 23.7 Å². The second-order valence-corrected chi connectivity index (χ2v) is 18.8. The first-order valence-corrected chi connectivity index (χ1v) is 20.5. The number of amides is 4. The Bertz CT molecular complexity index is 1830. The largest absolute Gasteiger partial charge is 0.446 e. The molecular weight excluding hydrogens is 736 g/mol. The van der Waals surface area contributed by atoms with Gasteiger partial charge in [-0.2, -0.15) is 13.2 Å². The molecule has 1 aromatic carbocycles. The third-order valence-electron chi connectivity index (χ3n) is 10.7. The van der Waals surface area contributed by atoms with Gasteiger partial charge in [-0.15, -0.1) is 11.8 Å². The monoisotopic (exact) mass is 781 g/mol. The molecule has 53 heavy (non-hydrogen) atoms. The molecule has 0 spiro atoms. The van der Waals surface area contributed by atoms with Gasteiger partial charge in [0.15, 0.2) is 0 Å². The molecule has 3 fully saturated rings. The van der Waals surface area contributed by atoms with E-state index < -0.39 is 74.3 Å². The molecular formula is C36H46F3N5O7S2. The van der Waals surface area contributed by atoms with Crippen LogP contribution in [0.1, 0.15) is 83.3 Å². The Balaban J connectivity index is 1.22. The number of benzene rings is 1. The van der Waals surface area contributed by atoms with E-state index in [0.717, 1.165) is 18.6 Å². The zero-order valence-corrected chi connectivity index (χ0v) is 31.8. The number of hydrogen-bond acceptors (Lipinski definition) is 9. The van der Waals surface area contributed by atoms with Crippen molar-refractivity contribution < 1.29 is 45.5 Å². The number of anilines is 1. The van der Waals surface area contributed by atoms with Crippen LogP contribution in [0, 0.1) is 23.2 Å². The van der Waals surface area contributed by atoms with E-state index in [1.165, 1.54) is 22.7 Å². The second kappa shape index (κ2) is 14.6. The summed E-state index contributed by atoms with van der Waals surface area (Å²) in [6, 6.07) is 2.95. The highest BCUT2D eigenvalue weighted by atomic mass is 32.2. The fourth-order valence-electron chi connectivity index (χ4n) is 7.16. The van der Waals surface area contributed by atoms with Gasteiger partial charge < -0.3 is 15.0 Å². The average Bonchev–Trinajstić information content (AvgIpc) is 3.94. The molecule has 0 radical (unpaired) electrons. The number of ether oxygens (including phenoxy) is 1. The molecule has 0 bridgehead atoms. The van der Waals surface area contributed by atoms with Gasteiger partial charge in [0, 0.05) is 30.8 Å². The molecule has 0 aromatic heterocycles. The predicted octanol–water partition coefficient (Wildman–Crippen LogP) is 5.24. The van der Waals surface area contributed by atoms with Crippen molar-refractivity contribution in [2.45, 2.75) is 101 Å². The Morgan fingerprint density at radius 1 is 1.09 bits per heavy atom. The fourth-order valence-corrected chi connectivity index (χ4v) is 9.95. The van der Waals surface area contributed by atoms with E-state index in [1.54, 1.807) is 7.05 Å². The number of fused-ring (bicyclic) bond motifs is 2. The lowest BCUT2D eigenvalue weighted by atomic mass is 9.88. The van der Waals surface area contributed by atoms with E-state index in [9.17, 15) is 40.8 Å². The number of alkyl halides is 3. The molecule has 17 heteroatoms. The normalized spacial score (nSPS) is 30.3. The van der Waals surface area contributed by atoms with Gasteiger partial charge in [-0.3, -0.25) is 29.4 Å². The zero-order chi connectivity index (χ0) is 38.5. The number of halogens is 3. The number of nitrogens with zero attached hydrogens (tertiary/aromatic N) is 2. The summed E-state index contributed by atoms with van der Waals surface area (Å²) in [6.45, 7) is 6.48. The van der Waals surface area contributed by atoms with Crippen molar-refractivity contribution in [1.82, 2.24) is 14.9 Å². The maximum atomic E-state index is 14.0. The minimum Gasteiger partial charge on any atom is -0.446 e. The van der Waals surface area contributed by atoms with Crippen molar-refractivity contribution in [3.63, 3.8) is 0 Å². The summed E-state index contributed by atoms with van der Waals surface area (Å²) in [5.74, 6) is -3.65. The standard InChI is InChI=1S/C36H46F3N5O7S2/c1-34(2,3)28-19-52-30(41-28)24-13-10-20(36(37,38)39)15-27(24)40-33(48)51-22-16-25-26(17-22)31(46)44(4)14-8-6-5-7-9-21-18-35(21,42-29(25)45)32(47)43-53(49,50)23-11-12-23/h7,9-10,13,15,21-23,25-26,28H,5-6,8,11-12,14,16-19H2,1-4H3,(H,40,48)(H,42,45)(H,43,47)/b9-7-/t21-,22-,25-,26-,28?,35-/m1/s1. The first kappa shape index (κ1) is 39.1. The van der Waals surface area contributed by atoms with Gasteiger partial charge in [-0.1, -0.05) is 32.9 Å². The van der Waals surface area contributed by atoms with E-state index in [4.69, 9.17) is 9.73 Å². The predicted molar refractivity (Wildman–Crippen MR) is 193 cm³/mol. The minimum absolute atomic E-state index is 0.0431. The lowest BCUT2D eigenvalue weighted by molar-refractivity contribution is -0.140. The molecule has 4 amide bonds. The quantitative estimate of drug-likeness (QED) is 0.330. The summed E-state index contributed by atoms with van der Waals surface area (Å²) in [5, 5.41) is 5.08. The molecule has 0 saturated heterocycles. The summed E-state index contributed by atoms with van der Waals surface area (Å²) in [6.07, 6.45) is -0.00751. The van der Waals surface area contributed by atoms with Crippen LogP contribution in [-0.4, -0.2) is 84.5 Å². The molecule has 12 nitrogen and oxygen atoms in total. The number of carbonyl (C=O) groups is 4. The number of rotatable bonds is 6. The fraction of sp³-hybridized carbons (Fsp3) is 0.639. The number of thioether (sulfide) groups is 1. The van der Waals surface area contributed by atoms with Gasteiger partial charge in [0.1, 0.15) is 16.7 Å². The molecule has 6 rings (SSSR count). The Labute approximate surface area is 311 Å². The van der Waals surface area contributed by atoms with Crippen molar-refractivity contribution in [1.29, 1.82) is 0 Å². The number of carbonyl (C=O) groups excluding carboxylic acids is 4. The summed E-state index contributed by atoms with van der Waals surface area (Å²) in [4.78, 5) is 60.9. The first-order valence-electron chi connectivity index (χ1n) is 18.0. The van der Waals surface area contributed by atoms with Crippen LogP contribution in [0.3, 0.4) is 0 Å². The lowest BCUT2D eigenvalue weighted by Gasteiger charge is -2.26. The highest BCUT2D eigenvalue weighted by Crippen LogP contribution is 2.47. The lowest BCUT2D eigenvalue weighted by Crippen LogP contribution is -2.54. The SMILES string of the molecule is CN1CCCC/C=C\[C@@H]2C[C@@]2(C(=O)NS(=O)(=O)C2CC2)NC(=O)[C@@H]2C[C@@H](OC(=O)Nc3cc(C(F)(F)F)ccc3C3=NC(C(C)(C)C)CS3)C[C@H]2C1=O. The number of nitrogens with one attached hydrogen (secondary N) is 3. The third kappa shape index (κ3) is 8.71. The van der Waals surface area contributed by atoms with Crippen LogP contribution in [0.25, 0.3) is 0 Å². The molecule has 3 N–H and O–H groups in total. The Morgan fingerprint density at radius 3 is 2.47 bits per heavy atom. The maximum absolute atomic E-state index is 14.0. The molecule has 1 unspecified atom stereocenters. The van der Waals surface area contributed by atoms with Crippen LogP contribution in [0.2, 0.25) is 0 Å². The number of hydrogen-bond donors (Lipinski definition) is 3.